The first-order valence-corrected chi connectivity index (χ1v) is 8.33. The SMILES string of the molecule is O=C(NC1CCCCCC1)c1csc2c1CCNC2.[Cl-]. The van der Waals surface area contributed by atoms with Crippen LogP contribution in [0.2, 0.25) is 0 Å². The van der Waals surface area contributed by atoms with Gasteiger partial charge in [0, 0.05) is 22.8 Å². The second-order valence-corrected chi connectivity index (χ2v) is 6.60. The number of hydrogen-bond acceptors (Lipinski definition) is 3. The van der Waals surface area contributed by atoms with Crippen LogP contribution >= 0.6 is 11.3 Å². The maximum atomic E-state index is 12.4. The molecule has 2 N–H and O–H groups in total. The lowest BCUT2D eigenvalue weighted by atomic mass is 10.0. The summed E-state index contributed by atoms with van der Waals surface area (Å²) in [4.78, 5) is 13.8. The summed E-state index contributed by atoms with van der Waals surface area (Å²) in [5.74, 6) is 0.159. The van der Waals surface area contributed by atoms with Gasteiger partial charge < -0.3 is 23.0 Å². The third-order valence-electron chi connectivity index (χ3n) is 4.25. The molecule has 0 spiro atoms. The molecule has 3 rings (SSSR count). The van der Waals surface area contributed by atoms with Gasteiger partial charge in [-0.15, -0.1) is 11.3 Å². The van der Waals surface area contributed by atoms with Crippen molar-refractivity contribution in [1.29, 1.82) is 0 Å². The maximum Gasteiger partial charge on any atom is 0.252 e. The smallest absolute Gasteiger partial charge is 0.252 e. The number of halogens is 1. The van der Waals surface area contributed by atoms with Gasteiger partial charge in [0.2, 0.25) is 0 Å². The Kier molecular flexibility index (Phi) is 5.87. The van der Waals surface area contributed by atoms with E-state index in [0.717, 1.165) is 37.9 Å². The zero-order valence-corrected chi connectivity index (χ0v) is 13.3. The summed E-state index contributed by atoms with van der Waals surface area (Å²) in [5, 5.41) is 8.67. The minimum atomic E-state index is 0. The largest absolute Gasteiger partial charge is 1.00 e. The van der Waals surface area contributed by atoms with E-state index in [1.807, 2.05) is 5.38 Å². The quantitative estimate of drug-likeness (QED) is 0.746. The van der Waals surface area contributed by atoms with E-state index in [9.17, 15) is 4.79 Å². The van der Waals surface area contributed by atoms with Gasteiger partial charge in [0.25, 0.3) is 5.91 Å². The zero-order valence-electron chi connectivity index (χ0n) is 11.7. The van der Waals surface area contributed by atoms with Gasteiger partial charge in [-0.3, -0.25) is 4.79 Å². The molecule has 20 heavy (non-hydrogen) atoms. The maximum absolute atomic E-state index is 12.4. The third kappa shape index (κ3) is 3.54. The third-order valence-corrected chi connectivity index (χ3v) is 5.28. The number of amides is 1. The number of fused-ring (bicyclic) bond motifs is 1. The number of rotatable bonds is 2. The van der Waals surface area contributed by atoms with Crippen LogP contribution in [0.4, 0.5) is 0 Å². The standard InChI is InChI=1S/C15H22N2OS.ClH/c18-15(17-11-5-3-1-2-4-6-11)13-10-19-14-9-16-8-7-12(13)14;/h10-11,16H,1-9H2,(H,17,18);1H/p-1. The number of carbonyl (C=O) groups is 1. The van der Waals surface area contributed by atoms with Gasteiger partial charge in [0.15, 0.2) is 0 Å². The van der Waals surface area contributed by atoms with Gasteiger partial charge in [0.1, 0.15) is 0 Å². The van der Waals surface area contributed by atoms with E-state index in [2.05, 4.69) is 10.6 Å². The Morgan fingerprint density at radius 2 is 2.00 bits per heavy atom. The van der Waals surface area contributed by atoms with E-state index < -0.39 is 0 Å². The lowest BCUT2D eigenvalue weighted by Gasteiger charge is -2.18. The summed E-state index contributed by atoms with van der Waals surface area (Å²) in [6.45, 7) is 1.92. The highest BCUT2D eigenvalue weighted by atomic mass is 35.5. The fourth-order valence-electron chi connectivity index (χ4n) is 3.14. The minimum absolute atomic E-state index is 0. The molecule has 0 atom stereocenters. The molecule has 1 aromatic heterocycles. The van der Waals surface area contributed by atoms with Crippen LogP contribution in [-0.2, 0) is 13.0 Å². The van der Waals surface area contributed by atoms with E-state index in [0.29, 0.717) is 6.04 Å². The number of nitrogens with one attached hydrogen (secondary N) is 2. The molecule has 1 saturated carbocycles. The lowest BCUT2D eigenvalue weighted by Crippen LogP contribution is -3.00. The fourth-order valence-corrected chi connectivity index (χ4v) is 4.19. The molecule has 1 amide bonds. The van der Waals surface area contributed by atoms with Gasteiger partial charge in [-0.2, -0.15) is 0 Å². The van der Waals surface area contributed by atoms with Crippen LogP contribution in [-0.4, -0.2) is 18.5 Å². The van der Waals surface area contributed by atoms with Crippen molar-refractivity contribution >= 4 is 17.2 Å². The Morgan fingerprint density at radius 1 is 1.25 bits per heavy atom. The summed E-state index contributed by atoms with van der Waals surface area (Å²) in [5.41, 5.74) is 2.22. The normalized spacial score (nSPS) is 19.6. The van der Waals surface area contributed by atoms with Gasteiger partial charge in [-0.25, -0.2) is 0 Å². The van der Waals surface area contributed by atoms with E-state index in [4.69, 9.17) is 0 Å². The van der Waals surface area contributed by atoms with Gasteiger partial charge >= 0.3 is 0 Å². The van der Waals surface area contributed by atoms with Crippen molar-refractivity contribution in [3.05, 3.63) is 21.4 Å². The Morgan fingerprint density at radius 3 is 2.75 bits per heavy atom. The first-order valence-electron chi connectivity index (χ1n) is 7.45. The second-order valence-electron chi connectivity index (χ2n) is 5.64. The van der Waals surface area contributed by atoms with Gasteiger partial charge in [-0.05, 0) is 31.4 Å². The molecular weight excluding hydrogens is 292 g/mol. The van der Waals surface area contributed by atoms with E-state index >= 15 is 0 Å². The van der Waals surface area contributed by atoms with Crippen LogP contribution in [0.3, 0.4) is 0 Å². The van der Waals surface area contributed by atoms with Gasteiger partial charge in [0.05, 0.1) is 5.56 Å². The number of hydrogen-bond donors (Lipinski definition) is 2. The van der Waals surface area contributed by atoms with E-state index in [1.165, 1.54) is 36.1 Å². The van der Waals surface area contributed by atoms with Crippen LogP contribution in [0.15, 0.2) is 5.38 Å². The average molecular weight is 314 g/mol. The Labute approximate surface area is 130 Å². The molecule has 0 unspecified atom stereocenters. The molecule has 0 saturated heterocycles. The van der Waals surface area contributed by atoms with Crippen LogP contribution in [0.1, 0.15) is 59.3 Å². The summed E-state index contributed by atoms with van der Waals surface area (Å²) < 4.78 is 0. The van der Waals surface area contributed by atoms with Crippen molar-refractivity contribution < 1.29 is 17.2 Å². The molecule has 0 radical (unpaired) electrons. The minimum Gasteiger partial charge on any atom is -1.00 e. The highest BCUT2D eigenvalue weighted by Crippen LogP contribution is 2.26. The molecule has 1 aromatic rings. The summed E-state index contributed by atoms with van der Waals surface area (Å²) in [6.07, 6.45) is 8.47. The van der Waals surface area contributed by atoms with Crippen molar-refractivity contribution in [2.75, 3.05) is 6.54 Å². The molecule has 1 aliphatic carbocycles. The molecule has 0 aromatic carbocycles. The molecular formula is C15H22ClN2OS-. The fraction of sp³-hybridized carbons (Fsp3) is 0.667. The summed E-state index contributed by atoms with van der Waals surface area (Å²) in [7, 11) is 0. The molecule has 2 aliphatic rings. The van der Waals surface area contributed by atoms with Crippen molar-refractivity contribution in [3.63, 3.8) is 0 Å². The molecule has 3 nitrogen and oxygen atoms in total. The monoisotopic (exact) mass is 313 g/mol. The number of thiophene rings is 1. The Hall–Kier alpha value is -0.580. The molecule has 112 valence electrons. The van der Waals surface area contributed by atoms with Crippen LogP contribution in [0.25, 0.3) is 0 Å². The van der Waals surface area contributed by atoms with Crippen molar-refractivity contribution in [1.82, 2.24) is 10.6 Å². The molecule has 0 bridgehead atoms. The first kappa shape index (κ1) is 15.8. The lowest BCUT2D eigenvalue weighted by molar-refractivity contribution is -0.0000128. The summed E-state index contributed by atoms with van der Waals surface area (Å²) in [6, 6.07) is 0.396. The summed E-state index contributed by atoms with van der Waals surface area (Å²) >= 11 is 1.72. The van der Waals surface area contributed by atoms with E-state index in [1.54, 1.807) is 11.3 Å². The predicted octanol–water partition coefficient (Wildman–Crippen LogP) is -0.150. The highest BCUT2D eigenvalue weighted by Gasteiger charge is 2.22. The van der Waals surface area contributed by atoms with Crippen molar-refractivity contribution in [2.24, 2.45) is 0 Å². The second kappa shape index (κ2) is 7.43. The molecule has 1 aliphatic heterocycles. The molecule has 1 fully saturated rings. The topological polar surface area (TPSA) is 41.1 Å². The average Bonchev–Trinajstić information content (AvgIpc) is 2.70. The van der Waals surface area contributed by atoms with Crippen LogP contribution in [0.5, 0.6) is 0 Å². The number of carbonyl (C=O) groups excluding carboxylic acids is 1. The molecule has 2 heterocycles. The van der Waals surface area contributed by atoms with Gasteiger partial charge in [-0.1, -0.05) is 25.7 Å². The van der Waals surface area contributed by atoms with Crippen molar-refractivity contribution in [2.45, 2.75) is 57.5 Å². The van der Waals surface area contributed by atoms with Crippen molar-refractivity contribution in [3.8, 4) is 0 Å². The molecule has 5 heteroatoms. The zero-order chi connectivity index (χ0) is 13.1. The first-order chi connectivity index (χ1) is 9.34. The van der Waals surface area contributed by atoms with Crippen LogP contribution in [0, 0.1) is 0 Å². The van der Waals surface area contributed by atoms with Crippen LogP contribution < -0.4 is 23.0 Å². The predicted molar refractivity (Wildman–Crippen MR) is 78.7 cm³/mol. The Balaban J connectivity index is 0.00000147. The highest BCUT2D eigenvalue weighted by molar-refractivity contribution is 7.10. The Bertz CT molecular complexity index is 453. The van der Waals surface area contributed by atoms with E-state index in [-0.39, 0.29) is 18.3 Å².